The van der Waals surface area contributed by atoms with Gasteiger partial charge in [0.15, 0.2) is 11.5 Å². The minimum atomic E-state index is 0.0666. The molecule has 24 heavy (non-hydrogen) atoms. The highest BCUT2D eigenvalue weighted by molar-refractivity contribution is 9.10. The lowest BCUT2D eigenvalue weighted by molar-refractivity contribution is 0.236. The lowest BCUT2D eigenvalue weighted by Gasteiger charge is -2.19. The molecule has 2 aromatic rings. The van der Waals surface area contributed by atoms with Crippen LogP contribution in [0.15, 0.2) is 46.9 Å². The van der Waals surface area contributed by atoms with Crippen LogP contribution in [0.2, 0.25) is 0 Å². The first-order valence-corrected chi connectivity index (χ1v) is 8.84. The van der Waals surface area contributed by atoms with Crippen molar-refractivity contribution in [2.45, 2.75) is 32.5 Å². The first-order valence-electron chi connectivity index (χ1n) is 8.05. The molecule has 0 radical (unpaired) electrons. The smallest absolute Gasteiger partial charge is 0.166 e. The summed E-state index contributed by atoms with van der Waals surface area (Å²) in [7, 11) is 1.64. The van der Waals surface area contributed by atoms with E-state index in [1.807, 2.05) is 49.4 Å². The quantitative estimate of drug-likeness (QED) is 0.678. The second-order valence-electron chi connectivity index (χ2n) is 5.54. The highest BCUT2D eigenvalue weighted by atomic mass is 79.9. The van der Waals surface area contributed by atoms with Gasteiger partial charge in [0.2, 0.25) is 0 Å². The van der Waals surface area contributed by atoms with Gasteiger partial charge in [-0.1, -0.05) is 53.2 Å². The number of hydrogen-bond acceptors (Lipinski definition) is 4. The Morgan fingerprint density at radius 2 is 1.96 bits per heavy atom. The molecule has 0 saturated heterocycles. The average Bonchev–Trinajstić information content (AvgIpc) is 2.62. The van der Waals surface area contributed by atoms with Crippen LogP contribution in [-0.4, -0.2) is 24.9 Å². The second kappa shape index (κ2) is 9.67. The van der Waals surface area contributed by atoms with Crippen molar-refractivity contribution in [3.63, 3.8) is 0 Å². The third-order valence-electron chi connectivity index (χ3n) is 3.84. The summed E-state index contributed by atoms with van der Waals surface area (Å²) in [6.07, 6.45) is 0.863. The van der Waals surface area contributed by atoms with Gasteiger partial charge < -0.3 is 19.9 Å². The molecular weight excluding hydrogens is 370 g/mol. The van der Waals surface area contributed by atoms with E-state index in [1.54, 1.807) is 7.11 Å². The van der Waals surface area contributed by atoms with Gasteiger partial charge in [-0.15, -0.1) is 0 Å². The van der Waals surface area contributed by atoms with Crippen molar-refractivity contribution in [1.82, 2.24) is 5.32 Å². The van der Waals surface area contributed by atoms with Gasteiger partial charge in [0, 0.05) is 22.6 Å². The predicted molar refractivity (Wildman–Crippen MR) is 99.5 cm³/mol. The van der Waals surface area contributed by atoms with Crippen molar-refractivity contribution < 1.29 is 14.6 Å². The number of rotatable bonds is 9. The summed E-state index contributed by atoms with van der Waals surface area (Å²) in [4.78, 5) is 0. The molecule has 130 valence electrons. The molecular formula is C19H24BrNO3. The topological polar surface area (TPSA) is 50.7 Å². The maximum Gasteiger partial charge on any atom is 0.166 e. The molecule has 0 spiro atoms. The van der Waals surface area contributed by atoms with Gasteiger partial charge in [0.25, 0.3) is 0 Å². The van der Waals surface area contributed by atoms with E-state index in [1.165, 1.54) is 0 Å². The van der Waals surface area contributed by atoms with Crippen LogP contribution in [0.5, 0.6) is 11.5 Å². The van der Waals surface area contributed by atoms with Gasteiger partial charge in [-0.05, 0) is 24.1 Å². The van der Waals surface area contributed by atoms with Crippen molar-refractivity contribution >= 4 is 15.9 Å². The normalized spacial score (nSPS) is 12.0. The Kier molecular flexibility index (Phi) is 7.56. The number of aliphatic hydroxyl groups excluding tert-OH is 1. The van der Waals surface area contributed by atoms with Gasteiger partial charge >= 0.3 is 0 Å². The third-order valence-corrected chi connectivity index (χ3v) is 4.29. The maximum absolute atomic E-state index is 9.35. The van der Waals surface area contributed by atoms with E-state index in [0.29, 0.717) is 18.9 Å². The molecule has 2 rings (SSSR count). The number of aliphatic hydroxyl groups is 1. The fraction of sp³-hybridized carbons (Fsp3) is 0.368. The summed E-state index contributed by atoms with van der Waals surface area (Å²) >= 11 is 3.51. The van der Waals surface area contributed by atoms with E-state index < -0.39 is 0 Å². The fourth-order valence-corrected chi connectivity index (χ4v) is 2.88. The van der Waals surface area contributed by atoms with Crippen molar-refractivity contribution in [2.75, 3.05) is 13.7 Å². The zero-order chi connectivity index (χ0) is 17.4. The number of hydrogen-bond donors (Lipinski definition) is 2. The first-order chi connectivity index (χ1) is 11.7. The number of ether oxygens (including phenoxy) is 2. The van der Waals surface area contributed by atoms with Gasteiger partial charge in [0.05, 0.1) is 13.7 Å². The maximum atomic E-state index is 9.35. The molecule has 0 heterocycles. The zero-order valence-electron chi connectivity index (χ0n) is 14.1. The molecule has 2 N–H and O–H groups in total. The highest BCUT2D eigenvalue weighted by Gasteiger charge is 2.14. The average molecular weight is 394 g/mol. The summed E-state index contributed by atoms with van der Waals surface area (Å²) < 4.78 is 12.5. The van der Waals surface area contributed by atoms with Crippen molar-refractivity contribution in [3.05, 3.63) is 58.1 Å². The number of halogens is 1. The Balaban J connectivity index is 2.19. The number of benzene rings is 2. The van der Waals surface area contributed by atoms with Crippen molar-refractivity contribution in [2.24, 2.45) is 0 Å². The Hall–Kier alpha value is -1.56. The van der Waals surface area contributed by atoms with E-state index >= 15 is 0 Å². The molecule has 1 atom stereocenters. The van der Waals surface area contributed by atoms with Gasteiger partial charge in [-0.3, -0.25) is 0 Å². The van der Waals surface area contributed by atoms with Gasteiger partial charge in [-0.2, -0.15) is 0 Å². The zero-order valence-corrected chi connectivity index (χ0v) is 15.7. The van der Waals surface area contributed by atoms with Crippen LogP contribution in [0.25, 0.3) is 0 Å². The summed E-state index contributed by atoms with van der Waals surface area (Å²) in [5, 5.41) is 12.7. The van der Waals surface area contributed by atoms with Crippen molar-refractivity contribution in [1.29, 1.82) is 0 Å². The highest BCUT2D eigenvalue weighted by Crippen LogP contribution is 2.35. The Bertz CT molecular complexity index is 630. The van der Waals surface area contributed by atoms with E-state index in [-0.39, 0.29) is 12.6 Å². The molecule has 0 aromatic heterocycles. The van der Waals surface area contributed by atoms with Gasteiger partial charge in [0.1, 0.15) is 6.61 Å². The largest absolute Gasteiger partial charge is 0.493 e. The minimum Gasteiger partial charge on any atom is -0.493 e. The molecule has 0 fully saturated rings. The molecule has 0 unspecified atom stereocenters. The third kappa shape index (κ3) is 5.23. The Morgan fingerprint density at radius 1 is 1.21 bits per heavy atom. The lowest BCUT2D eigenvalue weighted by Crippen LogP contribution is -2.31. The van der Waals surface area contributed by atoms with E-state index in [4.69, 9.17) is 9.47 Å². The fourth-order valence-electron chi connectivity index (χ4n) is 2.39. The lowest BCUT2D eigenvalue weighted by atomic mass is 10.1. The van der Waals surface area contributed by atoms with Crippen molar-refractivity contribution in [3.8, 4) is 11.5 Å². The SMILES string of the molecule is CC[C@@H](CO)NCc1cc(Br)cc(OC)c1OCc1ccccc1. The standard InChI is InChI=1S/C19H24BrNO3/c1-3-17(12-22)21-11-15-9-16(20)10-18(23-2)19(15)24-13-14-7-5-4-6-8-14/h4-10,17,21-22H,3,11-13H2,1-2H3/t17-/m0/s1. The predicted octanol–water partition coefficient (Wildman–Crippen LogP) is 3.90. The first kappa shape index (κ1) is 18.8. The Labute approximate surface area is 151 Å². The minimum absolute atomic E-state index is 0.0666. The molecule has 5 heteroatoms. The molecule has 0 saturated carbocycles. The molecule has 0 amide bonds. The summed E-state index contributed by atoms with van der Waals surface area (Å²) in [5.74, 6) is 1.42. The monoisotopic (exact) mass is 393 g/mol. The number of methoxy groups -OCH3 is 1. The van der Waals surface area contributed by atoms with Crippen LogP contribution in [0.4, 0.5) is 0 Å². The molecule has 2 aromatic carbocycles. The molecule has 0 aliphatic carbocycles. The van der Waals surface area contributed by atoms with Crippen LogP contribution < -0.4 is 14.8 Å². The summed E-state index contributed by atoms with van der Waals surface area (Å²) in [5.41, 5.74) is 2.09. The summed E-state index contributed by atoms with van der Waals surface area (Å²) in [6.45, 7) is 3.23. The van der Waals surface area contributed by atoms with E-state index in [0.717, 1.165) is 27.8 Å². The molecule has 0 bridgehead atoms. The molecule has 4 nitrogen and oxygen atoms in total. The van der Waals surface area contributed by atoms with Crippen LogP contribution >= 0.6 is 15.9 Å². The Morgan fingerprint density at radius 3 is 2.58 bits per heavy atom. The van der Waals surface area contributed by atoms with E-state index in [2.05, 4.69) is 21.2 Å². The van der Waals surface area contributed by atoms with Crippen LogP contribution in [0.3, 0.4) is 0 Å². The summed E-state index contributed by atoms with van der Waals surface area (Å²) in [6, 6.07) is 14.0. The number of nitrogens with one attached hydrogen (secondary N) is 1. The van der Waals surface area contributed by atoms with Gasteiger partial charge in [-0.25, -0.2) is 0 Å². The van der Waals surface area contributed by atoms with Crippen LogP contribution in [-0.2, 0) is 13.2 Å². The van der Waals surface area contributed by atoms with E-state index in [9.17, 15) is 5.11 Å². The van der Waals surface area contributed by atoms with Crippen LogP contribution in [0.1, 0.15) is 24.5 Å². The van der Waals surface area contributed by atoms with Crippen LogP contribution in [0, 0.1) is 0 Å². The molecule has 0 aliphatic heterocycles. The molecule has 0 aliphatic rings. The second-order valence-corrected chi connectivity index (χ2v) is 6.45.